The summed E-state index contributed by atoms with van der Waals surface area (Å²) in [5.41, 5.74) is 0.947. The smallest absolute Gasteiger partial charge is 0.255 e. The van der Waals surface area contributed by atoms with Crippen molar-refractivity contribution in [3.63, 3.8) is 0 Å². The van der Waals surface area contributed by atoms with Gasteiger partial charge in [-0.2, -0.15) is 0 Å². The molecule has 0 heterocycles. The predicted molar refractivity (Wildman–Crippen MR) is 86.2 cm³/mol. The summed E-state index contributed by atoms with van der Waals surface area (Å²) in [6.45, 7) is 0. The van der Waals surface area contributed by atoms with Crippen LogP contribution in [0.2, 0.25) is 5.02 Å². The molecule has 0 bridgehead atoms. The molecule has 98 valence electrons. The topological polar surface area (TPSA) is 29.1 Å². The SMILES string of the molecule is O=C(Nc1ccc(F)cc1Br)c1ccc(I)c(Cl)c1. The highest BCUT2D eigenvalue weighted by molar-refractivity contribution is 14.1. The first-order valence-electron chi connectivity index (χ1n) is 5.19. The first kappa shape index (κ1) is 14.7. The number of hydrogen-bond acceptors (Lipinski definition) is 1. The summed E-state index contributed by atoms with van der Waals surface area (Å²) < 4.78 is 14.3. The fraction of sp³-hybridized carbons (Fsp3) is 0. The van der Waals surface area contributed by atoms with Crippen LogP contribution in [0, 0.1) is 9.39 Å². The van der Waals surface area contributed by atoms with Crippen LogP contribution in [0.15, 0.2) is 40.9 Å². The van der Waals surface area contributed by atoms with Gasteiger partial charge in [0, 0.05) is 13.6 Å². The van der Waals surface area contributed by atoms with Gasteiger partial charge in [-0.15, -0.1) is 0 Å². The number of benzene rings is 2. The van der Waals surface area contributed by atoms with Gasteiger partial charge in [0.25, 0.3) is 5.91 Å². The van der Waals surface area contributed by atoms with Crippen molar-refractivity contribution in [3.05, 3.63) is 60.8 Å². The highest BCUT2D eigenvalue weighted by Gasteiger charge is 2.10. The van der Waals surface area contributed by atoms with Crippen LogP contribution in [0.4, 0.5) is 10.1 Å². The maximum absolute atomic E-state index is 12.9. The van der Waals surface area contributed by atoms with Gasteiger partial charge in [-0.3, -0.25) is 4.79 Å². The van der Waals surface area contributed by atoms with Crippen molar-refractivity contribution in [3.8, 4) is 0 Å². The zero-order valence-corrected chi connectivity index (χ0v) is 13.9. The Morgan fingerprint density at radius 1 is 1.26 bits per heavy atom. The van der Waals surface area contributed by atoms with Crippen LogP contribution in [-0.4, -0.2) is 5.91 Å². The zero-order chi connectivity index (χ0) is 14.0. The van der Waals surface area contributed by atoms with E-state index in [9.17, 15) is 9.18 Å². The van der Waals surface area contributed by atoms with Crippen LogP contribution < -0.4 is 5.32 Å². The van der Waals surface area contributed by atoms with Crippen LogP contribution >= 0.6 is 50.1 Å². The quantitative estimate of drug-likeness (QED) is 0.629. The fourth-order valence-electron chi connectivity index (χ4n) is 1.42. The Morgan fingerprint density at radius 2 is 2.00 bits per heavy atom. The number of amides is 1. The molecule has 0 aliphatic rings. The molecule has 0 unspecified atom stereocenters. The van der Waals surface area contributed by atoms with E-state index in [0.29, 0.717) is 20.7 Å². The van der Waals surface area contributed by atoms with Crippen molar-refractivity contribution < 1.29 is 9.18 Å². The number of halogens is 4. The number of carbonyl (C=O) groups is 1. The second-order valence-corrected chi connectivity index (χ2v) is 6.13. The van der Waals surface area contributed by atoms with Gasteiger partial charge in [0.1, 0.15) is 5.82 Å². The molecule has 1 amide bonds. The Bertz CT molecular complexity index is 651. The molecule has 0 saturated carbocycles. The molecule has 0 radical (unpaired) electrons. The number of carbonyl (C=O) groups excluding carboxylic acids is 1. The van der Waals surface area contributed by atoms with E-state index in [-0.39, 0.29) is 11.7 Å². The lowest BCUT2D eigenvalue weighted by atomic mass is 10.2. The Balaban J connectivity index is 2.23. The third kappa shape index (κ3) is 3.67. The van der Waals surface area contributed by atoms with Gasteiger partial charge in [-0.25, -0.2) is 4.39 Å². The predicted octanol–water partition coefficient (Wildman–Crippen LogP) is 5.10. The number of rotatable bonds is 2. The minimum atomic E-state index is -0.373. The van der Waals surface area contributed by atoms with Crippen LogP contribution in [0.25, 0.3) is 0 Å². The van der Waals surface area contributed by atoms with Crippen LogP contribution in [0.5, 0.6) is 0 Å². The lowest BCUT2D eigenvalue weighted by Crippen LogP contribution is -2.12. The van der Waals surface area contributed by atoms with E-state index in [2.05, 4.69) is 43.8 Å². The van der Waals surface area contributed by atoms with Gasteiger partial charge in [0.2, 0.25) is 0 Å². The standard InChI is InChI=1S/C13H7BrClFINO/c14-9-6-8(16)2-4-12(9)18-13(19)7-1-3-11(17)10(15)5-7/h1-6H,(H,18,19). The summed E-state index contributed by atoms with van der Waals surface area (Å²) in [5, 5.41) is 3.21. The lowest BCUT2D eigenvalue weighted by Gasteiger charge is -2.08. The average Bonchev–Trinajstić information content (AvgIpc) is 2.36. The number of nitrogens with one attached hydrogen (secondary N) is 1. The molecular weight excluding hydrogens is 447 g/mol. The van der Waals surface area contributed by atoms with E-state index in [1.54, 1.807) is 18.2 Å². The molecule has 2 nitrogen and oxygen atoms in total. The second-order valence-electron chi connectivity index (χ2n) is 3.71. The van der Waals surface area contributed by atoms with Crippen LogP contribution in [0.1, 0.15) is 10.4 Å². The molecule has 0 spiro atoms. The van der Waals surface area contributed by atoms with Gasteiger partial charge in [0.05, 0.1) is 10.7 Å². The minimum absolute atomic E-state index is 0.300. The molecule has 2 rings (SSSR count). The van der Waals surface area contributed by atoms with Crippen molar-refractivity contribution in [2.45, 2.75) is 0 Å². The normalized spacial score (nSPS) is 10.3. The zero-order valence-electron chi connectivity index (χ0n) is 9.38. The van der Waals surface area contributed by atoms with Gasteiger partial charge >= 0.3 is 0 Å². The highest BCUT2D eigenvalue weighted by atomic mass is 127. The molecule has 0 fully saturated rings. The molecule has 0 aliphatic heterocycles. The van der Waals surface area contributed by atoms with E-state index < -0.39 is 0 Å². The molecule has 6 heteroatoms. The molecule has 0 aliphatic carbocycles. The molecule has 0 atom stereocenters. The Labute approximate surface area is 136 Å². The molecule has 1 N–H and O–H groups in total. The maximum atomic E-state index is 12.9. The highest BCUT2D eigenvalue weighted by Crippen LogP contribution is 2.25. The van der Waals surface area contributed by atoms with Gasteiger partial charge in [-0.05, 0) is 74.9 Å². The largest absolute Gasteiger partial charge is 0.321 e. The molecular formula is C13H7BrClFINO. The fourth-order valence-corrected chi connectivity index (χ4v) is 2.39. The number of hydrogen-bond donors (Lipinski definition) is 1. The van der Waals surface area contributed by atoms with E-state index in [0.717, 1.165) is 3.57 Å². The lowest BCUT2D eigenvalue weighted by molar-refractivity contribution is 0.102. The minimum Gasteiger partial charge on any atom is -0.321 e. The van der Waals surface area contributed by atoms with Crippen molar-refractivity contribution in [2.24, 2.45) is 0 Å². The Morgan fingerprint density at radius 3 is 2.63 bits per heavy atom. The summed E-state index contributed by atoms with van der Waals surface area (Å²) in [6, 6.07) is 9.09. The first-order chi connectivity index (χ1) is 8.97. The Hall–Kier alpha value is -0.660. The van der Waals surface area contributed by atoms with Crippen molar-refractivity contribution in [1.82, 2.24) is 0 Å². The molecule has 2 aromatic carbocycles. The van der Waals surface area contributed by atoms with Crippen LogP contribution in [-0.2, 0) is 0 Å². The van der Waals surface area contributed by atoms with Gasteiger partial charge in [-0.1, -0.05) is 11.6 Å². The van der Waals surface area contributed by atoms with Crippen molar-refractivity contribution in [2.75, 3.05) is 5.32 Å². The summed E-state index contributed by atoms with van der Waals surface area (Å²) in [5.74, 6) is -0.673. The summed E-state index contributed by atoms with van der Waals surface area (Å²) in [6.07, 6.45) is 0. The van der Waals surface area contributed by atoms with Crippen molar-refractivity contribution in [1.29, 1.82) is 0 Å². The second kappa shape index (κ2) is 6.19. The van der Waals surface area contributed by atoms with Gasteiger partial charge in [0.15, 0.2) is 0 Å². The van der Waals surface area contributed by atoms with E-state index in [1.165, 1.54) is 18.2 Å². The van der Waals surface area contributed by atoms with E-state index in [4.69, 9.17) is 11.6 Å². The Kier molecular flexibility index (Phi) is 4.81. The summed E-state index contributed by atoms with van der Waals surface area (Å²) in [4.78, 5) is 12.0. The van der Waals surface area contributed by atoms with E-state index in [1.807, 2.05) is 0 Å². The average molecular weight is 454 g/mol. The third-order valence-electron chi connectivity index (χ3n) is 2.36. The third-order valence-corrected chi connectivity index (χ3v) is 4.59. The van der Waals surface area contributed by atoms with E-state index >= 15 is 0 Å². The molecule has 2 aromatic rings. The van der Waals surface area contributed by atoms with Gasteiger partial charge < -0.3 is 5.32 Å². The maximum Gasteiger partial charge on any atom is 0.255 e. The molecule has 0 aromatic heterocycles. The monoisotopic (exact) mass is 453 g/mol. The first-order valence-corrected chi connectivity index (χ1v) is 7.44. The summed E-state index contributed by atoms with van der Waals surface area (Å²) in [7, 11) is 0. The van der Waals surface area contributed by atoms with Crippen LogP contribution in [0.3, 0.4) is 0 Å². The summed E-state index contributed by atoms with van der Waals surface area (Å²) >= 11 is 11.2. The van der Waals surface area contributed by atoms with Crippen molar-refractivity contribution >= 4 is 61.7 Å². The number of anilines is 1. The molecule has 0 saturated heterocycles. The molecule has 19 heavy (non-hydrogen) atoms.